The van der Waals surface area contributed by atoms with Crippen LogP contribution in [-0.2, 0) is 12.6 Å². The fourth-order valence-corrected chi connectivity index (χ4v) is 1.96. The molecule has 5 heteroatoms. The Kier molecular flexibility index (Phi) is 3.47. The van der Waals surface area contributed by atoms with Gasteiger partial charge in [-0.3, -0.25) is 4.79 Å². The van der Waals surface area contributed by atoms with Crippen molar-refractivity contribution in [2.75, 3.05) is 0 Å². The molecule has 2 rings (SSSR count). The SMILES string of the molecule is Cn1nc(-c2ccc(Cl)cc2)cc(C(C)(C)N)c1=O. The summed E-state index contributed by atoms with van der Waals surface area (Å²) in [5.74, 6) is 0. The lowest BCUT2D eigenvalue weighted by Gasteiger charge is -2.19. The number of hydrogen-bond donors (Lipinski definition) is 1. The second kappa shape index (κ2) is 4.79. The molecule has 4 nitrogen and oxygen atoms in total. The van der Waals surface area contributed by atoms with Gasteiger partial charge in [-0.25, -0.2) is 4.68 Å². The number of nitrogens with zero attached hydrogens (tertiary/aromatic N) is 2. The van der Waals surface area contributed by atoms with Crippen molar-refractivity contribution in [1.29, 1.82) is 0 Å². The second-order valence-electron chi connectivity index (χ2n) is 5.10. The molecular formula is C14H16ClN3O. The highest BCUT2D eigenvalue weighted by Gasteiger charge is 2.20. The van der Waals surface area contributed by atoms with Crippen molar-refractivity contribution in [2.24, 2.45) is 12.8 Å². The molecule has 0 aliphatic rings. The fraction of sp³-hybridized carbons (Fsp3) is 0.286. The highest BCUT2D eigenvalue weighted by atomic mass is 35.5. The third kappa shape index (κ3) is 2.85. The normalized spacial score (nSPS) is 11.6. The largest absolute Gasteiger partial charge is 0.322 e. The van der Waals surface area contributed by atoms with Crippen molar-refractivity contribution < 1.29 is 0 Å². The Morgan fingerprint density at radius 2 is 1.84 bits per heavy atom. The molecule has 0 bridgehead atoms. The summed E-state index contributed by atoms with van der Waals surface area (Å²) in [6.07, 6.45) is 0. The summed E-state index contributed by atoms with van der Waals surface area (Å²) < 4.78 is 1.31. The van der Waals surface area contributed by atoms with E-state index in [0.717, 1.165) is 5.56 Å². The Morgan fingerprint density at radius 3 is 2.37 bits per heavy atom. The maximum atomic E-state index is 12.1. The molecule has 1 aromatic heterocycles. The van der Waals surface area contributed by atoms with Crippen molar-refractivity contribution in [3.63, 3.8) is 0 Å². The summed E-state index contributed by atoms with van der Waals surface area (Å²) in [6.45, 7) is 3.60. The molecule has 0 radical (unpaired) electrons. The minimum Gasteiger partial charge on any atom is -0.322 e. The van der Waals surface area contributed by atoms with E-state index < -0.39 is 5.54 Å². The Labute approximate surface area is 116 Å². The lowest BCUT2D eigenvalue weighted by Crippen LogP contribution is -2.38. The number of aromatic nitrogens is 2. The lowest BCUT2D eigenvalue weighted by atomic mass is 9.96. The van der Waals surface area contributed by atoms with Gasteiger partial charge in [-0.05, 0) is 32.0 Å². The van der Waals surface area contributed by atoms with Crippen LogP contribution in [0.1, 0.15) is 19.4 Å². The van der Waals surface area contributed by atoms with Gasteiger partial charge in [0.1, 0.15) is 0 Å². The fourth-order valence-electron chi connectivity index (χ4n) is 1.83. The van der Waals surface area contributed by atoms with Crippen LogP contribution in [0.15, 0.2) is 35.1 Å². The monoisotopic (exact) mass is 277 g/mol. The molecule has 100 valence electrons. The van der Waals surface area contributed by atoms with E-state index in [1.54, 1.807) is 39.1 Å². The Balaban J connectivity index is 2.63. The average molecular weight is 278 g/mol. The van der Waals surface area contributed by atoms with Crippen molar-refractivity contribution >= 4 is 11.6 Å². The zero-order valence-electron chi connectivity index (χ0n) is 11.1. The molecule has 0 saturated carbocycles. The van der Waals surface area contributed by atoms with Crippen LogP contribution in [0, 0.1) is 0 Å². The van der Waals surface area contributed by atoms with Gasteiger partial charge in [-0.2, -0.15) is 5.10 Å². The van der Waals surface area contributed by atoms with E-state index in [2.05, 4.69) is 5.10 Å². The summed E-state index contributed by atoms with van der Waals surface area (Å²) in [6, 6.07) is 9.05. The summed E-state index contributed by atoms with van der Waals surface area (Å²) >= 11 is 5.86. The van der Waals surface area contributed by atoms with Crippen molar-refractivity contribution in [3.05, 3.63) is 51.3 Å². The molecule has 0 aliphatic heterocycles. The highest BCUT2D eigenvalue weighted by molar-refractivity contribution is 6.30. The van der Waals surface area contributed by atoms with Crippen LogP contribution in [0.2, 0.25) is 5.02 Å². The summed E-state index contributed by atoms with van der Waals surface area (Å²) in [7, 11) is 1.62. The van der Waals surface area contributed by atoms with Crippen molar-refractivity contribution in [3.8, 4) is 11.3 Å². The molecule has 1 aromatic carbocycles. The first-order valence-electron chi connectivity index (χ1n) is 5.92. The van der Waals surface area contributed by atoms with Gasteiger partial charge in [0, 0.05) is 28.7 Å². The maximum absolute atomic E-state index is 12.1. The number of hydrogen-bond acceptors (Lipinski definition) is 3. The van der Waals surface area contributed by atoms with Gasteiger partial charge in [-0.15, -0.1) is 0 Å². The number of nitrogens with two attached hydrogens (primary N) is 1. The number of aryl methyl sites for hydroxylation is 1. The lowest BCUT2D eigenvalue weighted by molar-refractivity contribution is 0.531. The van der Waals surface area contributed by atoms with E-state index in [1.807, 2.05) is 12.1 Å². The van der Waals surface area contributed by atoms with Gasteiger partial charge in [0.15, 0.2) is 0 Å². The minimum atomic E-state index is -0.709. The smallest absolute Gasteiger partial charge is 0.271 e. The topological polar surface area (TPSA) is 60.9 Å². The van der Waals surface area contributed by atoms with Crippen LogP contribution < -0.4 is 11.3 Å². The van der Waals surface area contributed by atoms with E-state index in [0.29, 0.717) is 16.3 Å². The number of halogens is 1. The van der Waals surface area contributed by atoms with Crippen LogP contribution in [0.25, 0.3) is 11.3 Å². The van der Waals surface area contributed by atoms with E-state index in [4.69, 9.17) is 17.3 Å². The molecule has 1 heterocycles. The molecule has 19 heavy (non-hydrogen) atoms. The average Bonchev–Trinajstić information content (AvgIpc) is 2.32. The summed E-state index contributed by atoms with van der Waals surface area (Å²) in [4.78, 5) is 12.1. The maximum Gasteiger partial charge on any atom is 0.271 e. The summed E-state index contributed by atoms with van der Waals surface area (Å²) in [5, 5.41) is 4.91. The number of rotatable bonds is 2. The minimum absolute atomic E-state index is 0.176. The van der Waals surface area contributed by atoms with Crippen LogP contribution in [-0.4, -0.2) is 9.78 Å². The van der Waals surface area contributed by atoms with Gasteiger partial charge in [-0.1, -0.05) is 23.7 Å². The van der Waals surface area contributed by atoms with E-state index in [9.17, 15) is 4.79 Å². The second-order valence-corrected chi connectivity index (χ2v) is 5.54. The molecule has 0 unspecified atom stereocenters. The van der Waals surface area contributed by atoms with Crippen LogP contribution in [0.4, 0.5) is 0 Å². The van der Waals surface area contributed by atoms with Crippen LogP contribution >= 0.6 is 11.6 Å². The van der Waals surface area contributed by atoms with Crippen LogP contribution in [0.3, 0.4) is 0 Å². The Bertz CT molecular complexity index is 654. The zero-order chi connectivity index (χ0) is 14.2. The molecule has 0 saturated heterocycles. The predicted molar refractivity (Wildman–Crippen MR) is 77.1 cm³/mol. The molecule has 2 aromatic rings. The van der Waals surface area contributed by atoms with Gasteiger partial charge in [0.05, 0.1) is 5.69 Å². The Hall–Kier alpha value is -1.65. The third-order valence-electron chi connectivity index (χ3n) is 2.90. The molecule has 0 aliphatic carbocycles. The number of benzene rings is 1. The third-order valence-corrected chi connectivity index (χ3v) is 3.15. The Morgan fingerprint density at radius 1 is 1.26 bits per heavy atom. The predicted octanol–water partition coefficient (Wildman–Crippen LogP) is 2.29. The molecular weight excluding hydrogens is 262 g/mol. The van der Waals surface area contributed by atoms with Crippen molar-refractivity contribution in [1.82, 2.24) is 9.78 Å². The molecule has 0 atom stereocenters. The highest BCUT2D eigenvalue weighted by Crippen LogP contribution is 2.22. The van der Waals surface area contributed by atoms with Gasteiger partial charge in [0.25, 0.3) is 5.56 Å². The standard InChI is InChI=1S/C14H16ClN3O/c1-14(2,16)11-8-12(17-18(3)13(11)19)9-4-6-10(15)7-5-9/h4-8H,16H2,1-3H3. The quantitative estimate of drug-likeness (QED) is 0.916. The van der Waals surface area contributed by atoms with E-state index in [1.165, 1.54) is 4.68 Å². The van der Waals surface area contributed by atoms with E-state index in [-0.39, 0.29) is 5.56 Å². The first-order valence-corrected chi connectivity index (χ1v) is 6.30. The van der Waals surface area contributed by atoms with E-state index >= 15 is 0 Å². The summed E-state index contributed by atoms with van der Waals surface area (Å²) in [5.41, 5.74) is 7.28. The molecule has 0 spiro atoms. The van der Waals surface area contributed by atoms with Gasteiger partial charge >= 0.3 is 0 Å². The first-order chi connectivity index (χ1) is 8.79. The van der Waals surface area contributed by atoms with Crippen LogP contribution in [0.5, 0.6) is 0 Å². The molecule has 2 N–H and O–H groups in total. The van der Waals surface area contributed by atoms with Crippen molar-refractivity contribution in [2.45, 2.75) is 19.4 Å². The van der Waals surface area contributed by atoms with Gasteiger partial charge < -0.3 is 5.73 Å². The molecule has 0 amide bonds. The molecule has 0 fully saturated rings. The first kappa shape index (κ1) is 13.8. The van der Waals surface area contributed by atoms with Gasteiger partial charge in [0.2, 0.25) is 0 Å². The zero-order valence-corrected chi connectivity index (χ0v) is 11.9.